The van der Waals surface area contributed by atoms with E-state index in [1.54, 1.807) is 13.0 Å². The molecule has 5 atom stereocenters. The highest BCUT2D eigenvalue weighted by atomic mass is 35.5. The van der Waals surface area contributed by atoms with Gasteiger partial charge in [-0.25, -0.2) is 0 Å². The van der Waals surface area contributed by atoms with Crippen LogP contribution in [-0.2, 0) is 23.7 Å². The Morgan fingerprint density at radius 2 is 1.63 bits per heavy atom. The van der Waals surface area contributed by atoms with E-state index in [1.807, 2.05) is 24.3 Å². The lowest BCUT2D eigenvalue weighted by atomic mass is 10.0. The largest absolute Gasteiger partial charge is 0.416 e. The summed E-state index contributed by atoms with van der Waals surface area (Å²) in [4.78, 5) is 28.6. The van der Waals surface area contributed by atoms with Crippen LogP contribution in [0.5, 0.6) is 0 Å². The maximum atomic E-state index is 13.4. The first-order valence-corrected chi connectivity index (χ1v) is 16.3. The molecule has 5 unspecified atom stereocenters. The number of likely N-dealkylation sites (tertiary alicyclic amines) is 1. The molecule has 1 heterocycles. The second-order valence-corrected chi connectivity index (χ2v) is 13.4. The normalized spacial score (nSPS) is 20.6. The van der Waals surface area contributed by atoms with E-state index < -0.39 is 47.2 Å². The number of carbonyl (C=O) groups excluding carboxylic acids is 2. The molecule has 0 bridgehead atoms. The Kier molecular flexibility index (Phi) is 11.1. The predicted molar refractivity (Wildman–Crippen MR) is 173 cm³/mol. The molecule has 1 aliphatic heterocycles. The predicted octanol–water partition coefficient (Wildman–Crippen LogP) is 7.53. The van der Waals surface area contributed by atoms with Crippen LogP contribution in [0.4, 0.5) is 32.0 Å². The van der Waals surface area contributed by atoms with E-state index in [4.69, 9.17) is 23.2 Å². The summed E-state index contributed by atoms with van der Waals surface area (Å²) < 4.78 is 80.1. The van der Waals surface area contributed by atoms with Gasteiger partial charge >= 0.3 is 12.4 Å². The van der Waals surface area contributed by atoms with E-state index in [0.29, 0.717) is 36.1 Å². The molecule has 264 valence electrons. The van der Waals surface area contributed by atoms with E-state index >= 15 is 0 Å². The van der Waals surface area contributed by atoms with E-state index in [9.17, 15) is 41.0 Å². The third-order valence-corrected chi connectivity index (χ3v) is 9.62. The quantitative estimate of drug-likeness (QED) is 0.121. The molecule has 1 aliphatic carbocycles. The molecule has 0 spiro atoms. The van der Waals surface area contributed by atoms with Crippen molar-refractivity contribution in [2.45, 2.75) is 50.9 Å². The summed E-state index contributed by atoms with van der Waals surface area (Å²) in [6, 6.07) is 12.0. The first kappa shape index (κ1) is 36.8. The van der Waals surface area contributed by atoms with Crippen molar-refractivity contribution in [3.05, 3.63) is 98.5 Å². The summed E-state index contributed by atoms with van der Waals surface area (Å²) >= 11 is 12.2. The number of amides is 2. The highest BCUT2D eigenvalue weighted by Crippen LogP contribution is 2.53. The van der Waals surface area contributed by atoms with Crippen molar-refractivity contribution in [3.63, 3.8) is 0 Å². The van der Waals surface area contributed by atoms with Gasteiger partial charge in [0.15, 0.2) is 0 Å². The van der Waals surface area contributed by atoms with Gasteiger partial charge in [0, 0.05) is 37.3 Å². The van der Waals surface area contributed by atoms with E-state index in [2.05, 4.69) is 20.9 Å². The molecule has 7 nitrogen and oxygen atoms in total. The zero-order chi connectivity index (χ0) is 35.7. The van der Waals surface area contributed by atoms with Crippen molar-refractivity contribution in [2.24, 2.45) is 17.8 Å². The highest BCUT2D eigenvalue weighted by Gasteiger charge is 2.52. The van der Waals surface area contributed by atoms with Crippen LogP contribution < -0.4 is 16.0 Å². The molecule has 2 fully saturated rings. The molecule has 49 heavy (non-hydrogen) atoms. The number of aliphatic hydroxyl groups is 1. The van der Waals surface area contributed by atoms with Crippen LogP contribution >= 0.6 is 23.2 Å². The molecule has 3 aromatic rings. The van der Waals surface area contributed by atoms with Gasteiger partial charge in [-0.2, -0.15) is 26.3 Å². The van der Waals surface area contributed by atoms with Crippen LogP contribution in [0.25, 0.3) is 0 Å². The monoisotopic (exact) mass is 730 g/mol. The third-order valence-electron chi connectivity index (χ3n) is 8.88. The lowest BCUT2D eigenvalue weighted by Gasteiger charge is -2.26. The Hall–Kier alpha value is -3.52. The van der Waals surface area contributed by atoms with Crippen LogP contribution in [0.2, 0.25) is 10.0 Å². The topological polar surface area (TPSA) is 93.7 Å². The van der Waals surface area contributed by atoms with Crippen molar-refractivity contribution in [1.82, 2.24) is 15.5 Å². The SMILES string of the molecule is CC(O)Nc1cccc(CN2CCC3C(CC(=O)NC(CNC(=O)c4cc(C(F)(F)F)cc(C(F)(F)F)c4)c4ccc(Cl)c(Cl)c4)C3C2)c1. The van der Waals surface area contributed by atoms with E-state index in [-0.39, 0.29) is 40.9 Å². The van der Waals surface area contributed by atoms with Crippen LogP contribution in [0, 0.1) is 17.8 Å². The maximum Gasteiger partial charge on any atom is 0.416 e. The van der Waals surface area contributed by atoms with Crippen molar-refractivity contribution in [2.75, 3.05) is 25.0 Å². The van der Waals surface area contributed by atoms with Crippen LogP contribution in [0.15, 0.2) is 60.7 Å². The van der Waals surface area contributed by atoms with E-state index in [0.717, 1.165) is 30.8 Å². The van der Waals surface area contributed by atoms with Gasteiger partial charge in [0.25, 0.3) is 5.91 Å². The average molecular weight is 732 g/mol. The number of nitrogens with zero attached hydrogens (tertiary/aromatic N) is 1. The lowest BCUT2D eigenvalue weighted by Crippen LogP contribution is -2.38. The fraction of sp³-hybridized carbons (Fsp3) is 0.412. The number of piperidine rings is 1. The Morgan fingerprint density at radius 1 is 0.939 bits per heavy atom. The third kappa shape index (κ3) is 9.59. The number of benzene rings is 3. The number of fused-ring (bicyclic) bond motifs is 1. The fourth-order valence-electron chi connectivity index (χ4n) is 6.48. The molecule has 3 aromatic carbocycles. The number of hydrogen-bond acceptors (Lipinski definition) is 5. The first-order valence-electron chi connectivity index (χ1n) is 15.6. The molecule has 0 radical (unpaired) electrons. The van der Waals surface area contributed by atoms with Gasteiger partial charge in [0.2, 0.25) is 5.91 Å². The molecule has 1 saturated carbocycles. The Morgan fingerprint density at radius 3 is 2.27 bits per heavy atom. The van der Waals surface area contributed by atoms with Gasteiger partial charge in [-0.15, -0.1) is 0 Å². The number of halogens is 8. The molecular weight excluding hydrogens is 697 g/mol. The van der Waals surface area contributed by atoms with Crippen molar-refractivity contribution < 1.29 is 41.0 Å². The summed E-state index contributed by atoms with van der Waals surface area (Å²) in [5, 5.41) is 18.2. The summed E-state index contributed by atoms with van der Waals surface area (Å²) in [5.41, 5.74) is -1.74. The summed E-state index contributed by atoms with van der Waals surface area (Å²) in [6.07, 6.45) is -9.81. The Balaban J connectivity index is 1.23. The minimum atomic E-state index is -5.12. The van der Waals surface area contributed by atoms with Gasteiger partial charge in [0.05, 0.1) is 27.2 Å². The molecule has 2 aliphatic rings. The van der Waals surface area contributed by atoms with Gasteiger partial charge in [-0.1, -0.05) is 41.4 Å². The number of carbonyl (C=O) groups is 2. The number of nitrogens with one attached hydrogen (secondary N) is 3. The smallest absolute Gasteiger partial charge is 0.374 e. The van der Waals surface area contributed by atoms with E-state index in [1.165, 1.54) is 12.1 Å². The molecule has 2 amide bonds. The zero-order valence-electron chi connectivity index (χ0n) is 26.1. The van der Waals surface area contributed by atoms with Crippen molar-refractivity contribution in [1.29, 1.82) is 0 Å². The highest BCUT2D eigenvalue weighted by molar-refractivity contribution is 6.42. The Bertz CT molecular complexity index is 1650. The van der Waals surface area contributed by atoms with Gasteiger partial charge in [-0.05, 0) is 91.2 Å². The van der Waals surface area contributed by atoms with Gasteiger partial charge < -0.3 is 21.1 Å². The number of aliphatic hydroxyl groups excluding tert-OH is 1. The van der Waals surface area contributed by atoms with Crippen LogP contribution in [-0.4, -0.2) is 47.7 Å². The van der Waals surface area contributed by atoms with Crippen molar-refractivity contribution >= 4 is 40.7 Å². The van der Waals surface area contributed by atoms with Crippen molar-refractivity contribution in [3.8, 4) is 0 Å². The average Bonchev–Trinajstić information content (AvgIpc) is 3.69. The summed E-state index contributed by atoms with van der Waals surface area (Å²) in [5.74, 6) is -0.701. The van der Waals surface area contributed by atoms with Gasteiger partial charge in [0.1, 0.15) is 6.23 Å². The van der Waals surface area contributed by atoms with Gasteiger partial charge in [-0.3, -0.25) is 14.5 Å². The number of alkyl halides is 6. The maximum absolute atomic E-state index is 13.4. The zero-order valence-corrected chi connectivity index (χ0v) is 27.6. The first-order chi connectivity index (χ1) is 23.0. The molecule has 1 saturated heterocycles. The lowest BCUT2D eigenvalue weighted by molar-refractivity contribution is -0.143. The minimum Gasteiger partial charge on any atom is -0.374 e. The molecule has 0 aromatic heterocycles. The summed E-state index contributed by atoms with van der Waals surface area (Å²) in [7, 11) is 0. The number of anilines is 1. The fourth-order valence-corrected chi connectivity index (χ4v) is 6.79. The minimum absolute atomic E-state index is 0.0568. The molecule has 4 N–H and O–H groups in total. The summed E-state index contributed by atoms with van der Waals surface area (Å²) in [6.45, 7) is 3.67. The second-order valence-electron chi connectivity index (χ2n) is 12.5. The molecular formula is C34H34Cl2F6N4O3. The molecule has 5 rings (SSSR count). The number of hydrogen-bond donors (Lipinski definition) is 4. The van der Waals surface area contributed by atoms with Crippen LogP contribution in [0.1, 0.15) is 58.4 Å². The standard InChI is InChI=1S/C34H34Cl2F6N4O3/c1-18(47)44-24-4-2-3-19(9-24)16-46-8-7-25-26(27(25)17-46)14-31(48)45-30(20-5-6-28(35)29(36)12-20)15-43-32(49)21-10-22(33(37,38)39)13-23(11-21)34(40,41)42/h2-6,9-13,18,25-27,30,44,47H,7-8,14-17H2,1H3,(H,43,49)(H,45,48). The Labute approximate surface area is 288 Å². The molecule has 15 heteroatoms. The number of rotatable bonds is 11. The second kappa shape index (κ2) is 14.8. The van der Waals surface area contributed by atoms with Crippen LogP contribution in [0.3, 0.4) is 0 Å².